The average molecular weight is 319 g/mol. The number of carbonyl (C=O) groups is 1. The van der Waals surface area contributed by atoms with Gasteiger partial charge in [-0.05, 0) is 43.5 Å². The normalized spacial score (nSPS) is 11.9. The van der Waals surface area contributed by atoms with E-state index in [1.165, 1.54) is 5.56 Å². The first kappa shape index (κ1) is 16.4. The lowest BCUT2D eigenvalue weighted by Crippen LogP contribution is -2.13. The maximum Gasteiger partial charge on any atom is 0.311 e. The molecule has 0 aliphatic rings. The van der Waals surface area contributed by atoms with E-state index in [-0.39, 0.29) is 0 Å². The van der Waals surface area contributed by atoms with Gasteiger partial charge in [-0.25, -0.2) is 0 Å². The molecule has 4 heteroatoms. The predicted molar refractivity (Wildman–Crippen MR) is 87.7 cm³/mol. The third kappa shape index (κ3) is 4.50. The molecule has 3 nitrogen and oxygen atoms in total. The summed E-state index contributed by atoms with van der Waals surface area (Å²) >= 11 is 6.09. The van der Waals surface area contributed by atoms with E-state index in [0.29, 0.717) is 30.0 Å². The van der Waals surface area contributed by atoms with Crippen molar-refractivity contribution >= 4 is 17.6 Å². The molecule has 22 heavy (non-hydrogen) atoms. The molecular weight excluding hydrogens is 300 g/mol. The summed E-state index contributed by atoms with van der Waals surface area (Å²) in [5.74, 6) is -0.658. The Morgan fingerprint density at radius 2 is 1.86 bits per heavy atom. The van der Waals surface area contributed by atoms with Gasteiger partial charge in [0.1, 0.15) is 5.75 Å². The van der Waals surface area contributed by atoms with E-state index >= 15 is 0 Å². The highest BCUT2D eigenvalue weighted by molar-refractivity contribution is 6.31. The molecule has 1 unspecified atom stereocenters. The fourth-order valence-electron chi connectivity index (χ4n) is 2.28. The third-order valence-electron chi connectivity index (χ3n) is 3.51. The van der Waals surface area contributed by atoms with Crippen molar-refractivity contribution in [3.05, 3.63) is 64.7 Å². The molecule has 0 heterocycles. The van der Waals surface area contributed by atoms with E-state index in [9.17, 15) is 9.90 Å². The molecule has 2 rings (SSSR count). The monoisotopic (exact) mass is 318 g/mol. The molecule has 0 aliphatic carbocycles. The fraction of sp³-hybridized carbons (Fsp3) is 0.278. The van der Waals surface area contributed by atoms with Crippen LogP contribution < -0.4 is 4.74 Å². The van der Waals surface area contributed by atoms with Crippen LogP contribution in [0.2, 0.25) is 5.02 Å². The van der Waals surface area contributed by atoms with Crippen LogP contribution in [0, 0.1) is 6.92 Å². The number of aliphatic carboxylic acids is 1. The Morgan fingerprint density at radius 3 is 2.50 bits per heavy atom. The lowest BCUT2D eigenvalue weighted by molar-refractivity contribution is -0.139. The van der Waals surface area contributed by atoms with Gasteiger partial charge in [-0.2, -0.15) is 0 Å². The van der Waals surface area contributed by atoms with Crippen LogP contribution in [0.5, 0.6) is 5.75 Å². The Hall–Kier alpha value is -2.00. The molecule has 0 saturated heterocycles. The van der Waals surface area contributed by atoms with Gasteiger partial charge in [0.15, 0.2) is 0 Å². The van der Waals surface area contributed by atoms with Gasteiger partial charge in [-0.3, -0.25) is 4.79 Å². The van der Waals surface area contributed by atoms with Gasteiger partial charge in [0, 0.05) is 5.02 Å². The van der Waals surface area contributed by atoms with E-state index in [1.54, 1.807) is 24.3 Å². The SMILES string of the molecule is Cc1ccc(OCCCC(C(=O)O)c2ccccc2Cl)cc1. The van der Waals surface area contributed by atoms with Crippen LogP contribution in [0.1, 0.15) is 29.9 Å². The van der Waals surface area contributed by atoms with Crippen LogP contribution in [0.4, 0.5) is 0 Å². The second-order valence-electron chi connectivity index (χ2n) is 5.22. The second-order valence-corrected chi connectivity index (χ2v) is 5.62. The van der Waals surface area contributed by atoms with Crippen molar-refractivity contribution in [1.82, 2.24) is 0 Å². The first-order valence-electron chi connectivity index (χ1n) is 7.24. The number of hydrogen-bond donors (Lipinski definition) is 1. The topological polar surface area (TPSA) is 46.5 Å². The number of benzene rings is 2. The summed E-state index contributed by atoms with van der Waals surface area (Å²) in [6, 6.07) is 14.9. The molecule has 2 aromatic carbocycles. The minimum absolute atomic E-state index is 0.483. The van der Waals surface area contributed by atoms with Crippen LogP contribution >= 0.6 is 11.6 Å². The van der Waals surface area contributed by atoms with Crippen molar-refractivity contribution in [2.45, 2.75) is 25.7 Å². The van der Waals surface area contributed by atoms with Crippen molar-refractivity contribution in [3.63, 3.8) is 0 Å². The van der Waals surface area contributed by atoms with Crippen molar-refractivity contribution in [3.8, 4) is 5.75 Å². The maximum atomic E-state index is 11.5. The molecule has 0 amide bonds. The Kier molecular flexibility index (Phi) is 5.84. The van der Waals surface area contributed by atoms with Crippen molar-refractivity contribution in [2.24, 2.45) is 0 Å². The van der Waals surface area contributed by atoms with E-state index < -0.39 is 11.9 Å². The number of ether oxygens (including phenoxy) is 1. The van der Waals surface area contributed by atoms with E-state index in [4.69, 9.17) is 16.3 Å². The van der Waals surface area contributed by atoms with Gasteiger partial charge in [0.2, 0.25) is 0 Å². The molecule has 0 saturated carbocycles. The van der Waals surface area contributed by atoms with Crippen LogP contribution in [-0.4, -0.2) is 17.7 Å². The number of carboxylic acids is 1. The molecule has 2 aromatic rings. The second kappa shape index (κ2) is 7.85. The van der Waals surface area contributed by atoms with Gasteiger partial charge in [-0.1, -0.05) is 47.5 Å². The minimum Gasteiger partial charge on any atom is -0.494 e. The standard InChI is InChI=1S/C18H19ClO3/c1-13-8-10-14(11-9-13)22-12-4-6-16(18(20)21)15-5-2-3-7-17(15)19/h2-3,5,7-11,16H,4,6,12H2,1H3,(H,20,21). The molecule has 0 radical (unpaired) electrons. The molecule has 0 spiro atoms. The van der Waals surface area contributed by atoms with Gasteiger partial charge in [-0.15, -0.1) is 0 Å². The lowest BCUT2D eigenvalue weighted by Gasteiger charge is -2.14. The van der Waals surface area contributed by atoms with Crippen LogP contribution in [0.25, 0.3) is 0 Å². The molecule has 1 atom stereocenters. The molecule has 116 valence electrons. The summed E-state index contributed by atoms with van der Waals surface area (Å²) in [5.41, 5.74) is 1.84. The average Bonchev–Trinajstić information content (AvgIpc) is 2.50. The molecule has 1 N–H and O–H groups in total. The Morgan fingerprint density at radius 1 is 1.18 bits per heavy atom. The highest BCUT2D eigenvalue weighted by atomic mass is 35.5. The van der Waals surface area contributed by atoms with Crippen molar-refractivity contribution in [1.29, 1.82) is 0 Å². The molecule has 0 bridgehead atoms. The number of rotatable bonds is 7. The zero-order valence-corrected chi connectivity index (χ0v) is 13.2. The number of aryl methyl sites for hydroxylation is 1. The first-order valence-corrected chi connectivity index (χ1v) is 7.62. The van der Waals surface area contributed by atoms with Crippen LogP contribution in [0.15, 0.2) is 48.5 Å². The molecule has 0 fully saturated rings. The Labute approximate surface area is 135 Å². The first-order chi connectivity index (χ1) is 10.6. The Balaban J connectivity index is 1.89. The zero-order valence-electron chi connectivity index (χ0n) is 12.5. The summed E-state index contributed by atoms with van der Waals surface area (Å²) in [4.78, 5) is 11.5. The van der Waals surface area contributed by atoms with E-state index in [2.05, 4.69) is 0 Å². The summed E-state index contributed by atoms with van der Waals surface area (Å²) in [6.45, 7) is 2.50. The predicted octanol–water partition coefficient (Wildman–Crippen LogP) is 4.68. The van der Waals surface area contributed by atoms with Gasteiger partial charge < -0.3 is 9.84 Å². The maximum absolute atomic E-state index is 11.5. The zero-order chi connectivity index (χ0) is 15.9. The third-order valence-corrected chi connectivity index (χ3v) is 3.85. The minimum atomic E-state index is -0.858. The summed E-state index contributed by atoms with van der Waals surface area (Å²) in [5, 5.41) is 9.89. The fourth-order valence-corrected chi connectivity index (χ4v) is 2.55. The summed E-state index contributed by atoms with van der Waals surface area (Å²) in [7, 11) is 0. The highest BCUT2D eigenvalue weighted by Crippen LogP contribution is 2.28. The molecular formula is C18H19ClO3. The van der Waals surface area contributed by atoms with Crippen molar-refractivity contribution in [2.75, 3.05) is 6.61 Å². The van der Waals surface area contributed by atoms with Gasteiger partial charge in [0.25, 0.3) is 0 Å². The molecule has 0 aromatic heterocycles. The quantitative estimate of drug-likeness (QED) is 0.754. The smallest absolute Gasteiger partial charge is 0.311 e. The van der Waals surface area contributed by atoms with Crippen LogP contribution in [0.3, 0.4) is 0 Å². The van der Waals surface area contributed by atoms with E-state index in [1.807, 2.05) is 31.2 Å². The highest BCUT2D eigenvalue weighted by Gasteiger charge is 2.21. The van der Waals surface area contributed by atoms with Crippen molar-refractivity contribution < 1.29 is 14.6 Å². The summed E-state index contributed by atoms with van der Waals surface area (Å²) < 4.78 is 5.63. The van der Waals surface area contributed by atoms with Crippen LogP contribution in [-0.2, 0) is 4.79 Å². The lowest BCUT2D eigenvalue weighted by atomic mass is 9.94. The number of halogens is 1. The number of carboxylic acid groups (broad SMARTS) is 1. The van der Waals surface area contributed by atoms with E-state index in [0.717, 1.165) is 5.75 Å². The number of hydrogen-bond acceptors (Lipinski definition) is 2. The Bertz CT molecular complexity index is 622. The molecule has 0 aliphatic heterocycles. The largest absolute Gasteiger partial charge is 0.494 e. The van der Waals surface area contributed by atoms with Gasteiger partial charge in [0.05, 0.1) is 12.5 Å². The van der Waals surface area contributed by atoms with Gasteiger partial charge >= 0.3 is 5.97 Å². The summed E-state index contributed by atoms with van der Waals surface area (Å²) in [6.07, 6.45) is 1.14.